The van der Waals surface area contributed by atoms with Gasteiger partial charge in [0.25, 0.3) is 0 Å². The Hall–Kier alpha value is 0.340. The summed E-state index contributed by atoms with van der Waals surface area (Å²) < 4.78 is 27.1. The smallest absolute Gasteiger partial charge is 0.207 e. The predicted octanol–water partition coefficient (Wildman–Crippen LogP) is 5.40. The van der Waals surface area contributed by atoms with E-state index < -0.39 is 5.92 Å². The number of hydrogen-bond acceptors (Lipinski definition) is 0. The number of halogens is 3. The largest absolute Gasteiger partial charge is 0.248 e. The number of fused-ring (bicyclic) bond motifs is 2. The highest BCUT2D eigenvalue weighted by Crippen LogP contribution is 2.60. The Balaban J connectivity index is 1.67. The lowest BCUT2D eigenvalue weighted by molar-refractivity contribution is -0.0611. The molecule has 3 aliphatic rings. The monoisotopic (exact) mass is 320 g/mol. The van der Waals surface area contributed by atoms with Gasteiger partial charge in [0.1, 0.15) is 0 Å². The summed E-state index contributed by atoms with van der Waals surface area (Å²) in [6.45, 7) is 0. The molecule has 3 fully saturated rings. The van der Waals surface area contributed by atoms with E-state index in [-0.39, 0.29) is 18.8 Å². The highest BCUT2D eigenvalue weighted by molar-refractivity contribution is 9.09. The van der Waals surface area contributed by atoms with Crippen molar-refractivity contribution in [3.8, 4) is 0 Å². The number of rotatable bonds is 3. The van der Waals surface area contributed by atoms with Crippen molar-refractivity contribution in [3.05, 3.63) is 0 Å². The molecule has 0 amide bonds. The normalized spacial score (nSPS) is 46.5. The van der Waals surface area contributed by atoms with Crippen molar-refractivity contribution in [1.29, 1.82) is 0 Å². The number of alkyl halides is 3. The molecule has 2 bridgehead atoms. The second kappa shape index (κ2) is 4.71. The van der Waals surface area contributed by atoms with E-state index in [1.807, 2.05) is 0 Å². The van der Waals surface area contributed by atoms with Crippen LogP contribution < -0.4 is 0 Å². The Labute approximate surface area is 117 Å². The van der Waals surface area contributed by atoms with E-state index in [1.165, 1.54) is 25.7 Å². The maximum Gasteiger partial charge on any atom is 0.248 e. The van der Waals surface area contributed by atoms with Gasteiger partial charge in [-0.15, -0.1) is 0 Å². The van der Waals surface area contributed by atoms with E-state index in [2.05, 4.69) is 15.9 Å². The topological polar surface area (TPSA) is 0 Å². The lowest BCUT2D eigenvalue weighted by atomic mass is 9.67. The minimum Gasteiger partial charge on any atom is -0.207 e. The summed E-state index contributed by atoms with van der Waals surface area (Å²) in [5.74, 6) is -0.395. The second-order valence-corrected chi connectivity index (χ2v) is 7.66. The van der Waals surface area contributed by atoms with E-state index in [9.17, 15) is 8.78 Å². The standard InChI is InChI=1S/C15H23BrF2/c16-10-14(7-11-3-4-13(14)6-11)8-12-2-1-5-15(17,18)9-12/h11-13H,1-10H2. The molecule has 0 spiro atoms. The molecule has 0 aromatic heterocycles. The first kappa shape index (κ1) is 13.3. The zero-order chi connectivity index (χ0) is 12.8. The zero-order valence-corrected chi connectivity index (χ0v) is 12.5. The van der Waals surface area contributed by atoms with Gasteiger partial charge in [0, 0.05) is 18.2 Å². The molecule has 0 aliphatic heterocycles. The summed E-state index contributed by atoms with van der Waals surface area (Å²) in [6.07, 6.45) is 8.48. The van der Waals surface area contributed by atoms with Crippen molar-refractivity contribution in [2.45, 2.75) is 63.7 Å². The molecule has 3 aliphatic carbocycles. The Kier molecular flexibility index (Phi) is 3.49. The molecule has 4 unspecified atom stereocenters. The van der Waals surface area contributed by atoms with Gasteiger partial charge < -0.3 is 0 Å². The molecule has 3 heteroatoms. The SMILES string of the molecule is FC1(F)CCCC(CC2(CBr)CC3CCC2C3)C1. The molecule has 0 heterocycles. The second-order valence-electron chi connectivity index (χ2n) is 7.10. The van der Waals surface area contributed by atoms with Gasteiger partial charge in [-0.05, 0) is 61.7 Å². The summed E-state index contributed by atoms with van der Waals surface area (Å²) in [4.78, 5) is 0. The van der Waals surface area contributed by atoms with Gasteiger partial charge in [0.15, 0.2) is 0 Å². The fourth-order valence-electron chi connectivity index (χ4n) is 5.05. The first-order valence-corrected chi connectivity index (χ1v) is 8.59. The van der Waals surface area contributed by atoms with Crippen molar-refractivity contribution in [2.24, 2.45) is 23.2 Å². The van der Waals surface area contributed by atoms with Gasteiger partial charge in [-0.2, -0.15) is 0 Å². The lowest BCUT2D eigenvalue weighted by Crippen LogP contribution is -2.35. The third kappa shape index (κ3) is 2.36. The predicted molar refractivity (Wildman–Crippen MR) is 73.2 cm³/mol. The van der Waals surface area contributed by atoms with Crippen LogP contribution >= 0.6 is 15.9 Å². The molecule has 0 N–H and O–H groups in total. The van der Waals surface area contributed by atoms with Gasteiger partial charge in [0.2, 0.25) is 5.92 Å². The van der Waals surface area contributed by atoms with Crippen molar-refractivity contribution < 1.29 is 8.78 Å². The van der Waals surface area contributed by atoms with Gasteiger partial charge in [-0.1, -0.05) is 22.4 Å². The first-order valence-electron chi connectivity index (χ1n) is 7.47. The molecular formula is C15H23BrF2. The zero-order valence-electron chi connectivity index (χ0n) is 10.9. The minimum absolute atomic E-state index is 0.122. The molecule has 0 nitrogen and oxygen atoms in total. The third-order valence-electron chi connectivity index (χ3n) is 5.81. The Morgan fingerprint density at radius 1 is 1.11 bits per heavy atom. The highest BCUT2D eigenvalue weighted by Gasteiger charge is 2.51. The average molecular weight is 321 g/mol. The van der Waals surface area contributed by atoms with Crippen LogP contribution in [0.25, 0.3) is 0 Å². The van der Waals surface area contributed by atoms with Crippen LogP contribution in [0, 0.1) is 23.2 Å². The highest BCUT2D eigenvalue weighted by atomic mass is 79.9. The Morgan fingerprint density at radius 3 is 2.50 bits per heavy atom. The van der Waals surface area contributed by atoms with Crippen LogP contribution in [0.2, 0.25) is 0 Å². The Morgan fingerprint density at radius 2 is 1.94 bits per heavy atom. The maximum atomic E-state index is 13.5. The maximum absolute atomic E-state index is 13.5. The summed E-state index contributed by atoms with van der Waals surface area (Å²) in [6, 6.07) is 0. The van der Waals surface area contributed by atoms with Crippen LogP contribution in [0.3, 0.4) is 0 Å². The summed E-state index contributed by atoms with van der Waals surface area (Å²) in [5, 5.41) is 1.03. The van der Waals surface area contributed by atoms with Crippen LogP contribution in [-0.2, 0) is 0 Å². The summed E-state index contributed by atoms with van der Waals surface area (Å²) >= 11 is 3.70. The fraction of sp³-hybridized carbons (Fsp3) is 1.00. The van der Waals surface area contributed by atoms with E-state index >= 15 is 0 Å². The van der Waals surface area contributed by atoms with Gasteiger partial charge in [-0.25, -0.2) is 8.78 Å². The molecule has 104 valence electrons. The first-order chi connectivity index (χ1) is 8.53. The average Bonchev–Trinajstić information content (AvgIpc) is 2.88. The molecule has 18 heavy (non-hydrogen) atoms. The molecule has 0 saturated heterocycles. The molecule has 0 aromatic rings. The molecule has 0 aromatic carbocycles. The summed E-state index contributed by atoms with van der Waals surface area (Å²) in [7, 11) is 0. The molecule has 3 saturated carbocycles. The van der Waals surface area contributed by atoms with Gasteiger partial charge >= 0.3 is 0 Å². The van der Waals surface area contributed by atoms with Crippen molar-refractivity contribution >= 4 is 15.9 Å². The molecule has 3 rings (SSSR count). The van der Waals surface area contributed by atoms with Gasteiger partial charge in [-0.3, -0.25) is 0 Å². The van der Waals surface area contributed by atoms with Gasteiger partial charge in [0.05, 0.1) is 0 Å². The van der Waals surface area contributed by atoms with Crippen LogP contribution in [-0.4, -0.2) is 11.3 Å². The summed E-state index contributed by atoms with van der Waals surface area (Å²) in [5.41, 5.74) is 0.362. The van der Waals surface area contributed by atoms with E-state index in [1.54, 1.807) is 0 Å². The fourth-order valence-corrected chi connectivity index (χ4v) is 5.97. The lowest BCUT2D eigenvalue weighted by Gasteiger charge is -2.41. The molecule has 4 atom stereocenters. The van der Waals surface area contributed by atoms with E-state index in [0.29, 0.717) is 5.41 Å². The van der Waals surface area contributed by atoms with Crippen LogP contribution in [0.5, 0.6) is 0 Å². The number of hydrogen-bond donors (Lipinski definition) is 0. The van der Waals surface area contributed by atoms with Crippen molar-refractivity contribution in [1.82, 2.24) is 0 Å². The van der Waals surface area contributed by atoms with Crippen LogP contribution in [0.1, 0.15) is 57.8 Å². The minimum atomic E-state index is -2.38. The van der Waals surface area contributed by atoms with E-state index in [4.69, 9.17) is 0 Å². The van der Waals surface area contributed by atoms with E-state index in [0.717, 1.165) is 36.4 Å². The van der Waals surface area contributed by atoms with Crippen molar-refractivity contribution in [2.75, 3.05) is 5.33 Å². The third-order valence-corrected chi connectivity index (χ3v) is 6.92. The van der Waals surface area contributed by atoms with Crippen LogP contribution in [0.4, 0.5) is 8.78 Å². The quantitative estimate of drug-likeness (QED) is 0.610. The van der Waals surface area contributed by atoms with Crippen molar-refractivity contribution in [3.63, 3.8) is 0 Å². The molecular weight excluding hydrogens is 298 g/mol. The van der Waals surface area contributed by atoms with Crippen LogP contribution in [0.15, 0.2) is 0 Å². The Bertz CT molecular complexity index is 318. The molecule has 0 radical (unpaired) electrons.